The first-order valence-electron chi connectivity index (χ1n) is 10.7. The molecular weight excluding hydrogens is 410 g/mol. The molecule has 0 atom stereocenters. The Morgan fingerprint density at radius 3 is 2.45 bits per heavy atom. The van der Waals surface area contributed by atoms with E-state index < -0.39 is 0 Å². The van der Waals surface area contributed by atoms with E-state index in [4.69, 9.17) is 16.3 Å². The average molecular weight is 438 g/mol. The molecule has 0 bridgehead atoms. The summed E-state index contributed by atoms with van der Waals surface area (Å²) in [4.78, 5) is 15.5. The first kappa shape index (κ1) is 21.6. The Morgan fingerprint density at radius 2 is 1.74 bits per heavy atom. The number of morpholine rings is 1. The monoisotopic (exact) mass is 437 g/mol. The molecule has 1 aliphatic heterocycles. The molecule has 1 saturated heterocycles. The number of benzene rings is 2. The second kappa shape index (κ2) is 10.1. The molecule has 1 N–H and O–H groups in total. The molecule has 4 rings (SSSR count). The number of hydrogen-bond acceptors (Lipinski definition) is 3. The van der Waals surface area contributed by atoms with E-state index in [1.807, 2.05) is 43.3 Å². The number of anilines is 1. The van der Waals surface area contributed by atoms with Crippen molar-refractivity contribution in [1.29, 1.82) is 0 Å². The average Bonchev–Trinajstić information content (AvgIpc) is 3.13. The number of halogens is 1. The van der Waals surface area contributed by atoms with Gasteiger partial charge in [-0.2, -0.15) is 0 Å². The van der Waals surface area contributed by atoms with Crippen molar-refractivity contribution in [3.05, 3.63) is 76.9 Å². The predicted octanol–water partition coefficient (Wildman–Crippen LogP) is 5.09. The molecule has 2 aromatic carbocycles. The van der Waals surface area contributed by atoms with Crippen LogP contribution >= 0.6 is 11.6 Å². The lowest BCUT2D eigenvalue weighted by molar-refractivity contribution is 0.0369. The Balaban J connectivity index is 1.55. The number of aromatic nitrogens is 1. The van der Waals surface area contributed by atoms with E-state index in [-0.39, 0.29) is 5.91 Å². The fourth-order valence-corrected chi connectivity index (χ4v) is 4.15. The molecule has 0 aliphatic carbocycles. The van der Waals surface area contributed by atoms with Gasteiger partial charge in [0.15, 0.2) is 0 Å². The van der Waals surface area contributed by atoms with Gasteiger partial charge in [0.1, 0.15) is 0 Å². The standard InChI is InChI=1S/C25H28ClN3O2/c1-19-23(25(30)27-22-10-8-21(26)9-11-22)18-24(20-6-3-2-4-7-20)29(19)13-5-12-28-14-16-31-17-15-28/h2-4,6-11,18H,5,12-17H2,1H3,(H,27,30). The Labute approximate surface area is 188 Å². The molecule has 1 aromatic heterocycles. The van der Waals surface area contributed by atoms with Gasteiger partial charge in [0.05, 0.1) is 18.8 Å². The van der Waals surface area contributed by atoms with E-state index >= 15 is 0 Å². The normalized spacial score (nSPS) is 14.5. The van der Waals surface area contributed by atoms with Gasteiger partial charge in [0.25, 0.3) is 5.91 Å². The van der Waals surface area contributed by atoms with Crippen LogP contribution in [0.2, 0.25) is 5.02 Å². The highest BCUT2D eigenvalue weighted by molar-refractivity contribution is 6.30. The topological polar surface area (TPSA) is 46.5 Å². The van der Waals surface area contributed by atoms with E-state index in [2.05, 4.69) is 26.9 Å². The Morgan fingerprint density at radius 1 is 1.03 bits per heavy atom. The molecule has 0 saturated carbocycles. The van der Waals surface area contributed by atoms with Gasteiger partial charge in [-0.15, -0.1) is 0 Å². The smallest absolute Gasteiger partial charge is 0.257 e. The minimum atomic E-state index is -0.107. The van der Waals surface area contributed by atoms with Crippen LogP contribution in [0.3, 0.4) is 0 Å². The lowest BCUT2D eigenvalue weighted by Gasteiger charge is -2.26. The molecule has 1 amide bonds. The number of carbonyl (C=O) groups is 1. The van der Waals surface area contributed by atoms with E-state index in [1.165, 1.54) is 0 Å². The third-order valence-corrected chi connectivity index (χ3v) is 5.99. The summed E-state index contributed by atoms with van der Waals surface area (Å²) in [7, 11) is 0. The first-order chi connectivity index (χ1) is 15.1. The maximum atomic E-state index is 13.1. The van der Waals surface area contributed by atoms with Crippen molar-refractivity contribution in [2.45, 2.75) is 19.9 Å². The van der Waals surface area contributed by atoms with Gasteiger partial charge in [0.2, 0.25) is 0 Å². The molecule has 31 heavy (non-hydrogen) atoms. The number of rotatable bonds is 7. The number of nitrogens with zero attached hydrogens (tertiary/aromatic N) is 2. The zero-order valence-corrected chi connectivity index (χ0v) is 18.6. The van der Waals surface area contributed by atoms with Crippen LogP contribution in [0.15, 0.2) is 60.7 Å². The molecule has 6 heteroatoms. The van der Waals surface area contributed by atoms with Crippen LogP contribution in [0.5, 0.6) is 0 Å². The van der Waals surface area contributed by atoms with Crippen molar-refractivity contribution in [2.24, 2.45) is 0 Å². The van der Waals surface area contributed by atoms with Crippen LogP contribution < -0.4 is 5.32 Å². The molecule has 1 aliphatic rings. The van der Waals surface area contributed by atoms with Gasteiger partial charge in [-0.1, -0.05) is 41.9 Å². The molecule has 0 unspecified atom stereocenters. The summed E-state index contributed by atoms with van der Waals surface area (Å²) in [6, 6.07) is 19.4. The summed E-state index contributed by atoms with van der Waals surface area (Å²) >= 11 is 5.96. The van der Waals surface area contributed by atoms with E-state index in [9.17, 15) is 4.79 Å². The number of ether oxygens (including phenoxy) is 1. The lowest BCUT2D eigenvalue weighted by Crippen LogP contribution is -2.37. The highest BCUT2D eigenvalue weighted by Gasteiger charge is 2.19. The SMILES string of the molecule is Cc1c(C(=O)Nc2ccc(Cl)cc2)cc(-c2ccccc2)n1CCCN1CCOCC1. The van der Waals surface area contributed by atoms with Gasteiger partial charge in [-0.05, 0) is 49.2 Å². The molecule has 3 aromatic rings. The van der Waals surface area contributed by atoms with E-state index in [0.29, 0.717) is 10.6 Å². The van der Waals surface area contributed by atoms with E-state index in [0.717, 1.165) is 68.5 Å². The van der Waals surface area contributed by atoms with Gasteiger partial charge in [-0.25, -0.2) is 0 Å². The second-order valence-electron chi connectivity index (χ2n) is 7.81. The Kier molecular flexibility index (Phi) is 7.07. The summed E-state index contributed by atoms with van der Waals surface area (Å²) in [6.07, 6.45) is 1.02. The van der Waals surface area contributed by atoms with Gasteiger partial charge in [-0.3, -0.25) is 9.69 Å². The van der Waals surface area contributed by atoms with Crippen molar-refractivity contribution in [3.63, 3.8) is 0 Å². The third kappa shape index (κ3) is 5.37. The lowest BCUT2D eigenvalue weighted by atomic mass is 10.1. The number of nitrogens with one attached hydrogen (secondary N) is 1. The van der Waals surface area contributed by atoms with Gasteiger partial charge >= 0.3 is 0 Å². The molecule has 2 heterocycles. The predicted molar refractivity (Wildman–Crippen MR) is 126 cm³/mol. The number of hydrogen-bond donors (Lipinski definition) is 1. The van der Waals surface area contributed by atoms with Crippen LogP contribution in [0.25, 0.3) is 11.3 Å². The largest absolute Gasteiger partial charge is 0.379 e. The molecular formula is C25H28ClN3O2. The highest BCUT2D eigenvalue weighted by Crippen LogP contribution is 2.27. The second-order valence-corrected chi connectivity index (χ2v) is 8.25. The minimum absolute atomic E-state index is 0.107. The fraction of sp³-hybridized carbons (Fsp3) is 0.320. The van der Waals surface area contributed by atoms with Crippen LogP contribution in [0.1, 0.15) is 22.5 Å². The fourth-order valence-electron chi connectivity index (χ4n) is 4.02. The molecule has 1 fully saturated rings. The third-order valence-electron chi connectivity index (χ3n) is 5.74. The zero-order valence-electron chi connectivity index (χ0n) is 17.8. The van der Waals surface area contributed by atoms with Crippen LogP contribution in [0.4, 0.5) is 5.69 Å². The summed E-state index contributed by atoms with van der Waals surface area (Å²) in [5, 5.41) is 3.64. The quantitative estimate of drug-likeness (QED) is 0.560. The number of carbonyl (C=O) groups excluding carboxylic acids is 1. The zero-order chi connectivity index (χ0) is 21.6. The van der Waals surface area contributed by atoms with Crippen LogP contribution in [-0.4, -0.2) is 48.2 Å². The van der Waals surface area contributed by atoms with Crippen molar-refractivity contribution in [3.8, 4) is 11.3 Å². The molecule has 0 radical (unpaired) electrons. The molecule has 162 valence electrons. The highest BCUT2D eigenvalue weighted by atomic mass is 35.5. The summed E-state index contributed by atoms with van der Waals surface area (Å²) in [5.74, 6) is -0.107. The van der Waals surface area contributed by atoms with Crippen molar-refractivity contribution >= 4 is 23.2 Å². The van der Waals surface area contributed by atoms with Crippen LogP contribution in [0, 0.1) is 6.92 Å². The summed E-state index contributed by atoms with van der Waals surface area (Å²) < 4.78 is 7.72. The molecule has 5 nitrogen and oxygen atoms in total. The minimum Gasteiger partial charge on any atom is -0.379 e. The van der Waals surface area contributed by atoms with E-state index in [1.54, 1.807) is 12.1 Å². The maximum Gasteiger partial charge on any atom is 0.257 e. The van der Waals surface area contributed by atoms with Gasteiger partial charge < -0.3 is 14.6 Å². The number of amides is 1. The summed E-state index contributed by atoms with van der Waals surface area (Å²) in [5.41, 5.74) is 4.59. The van der Waals surface area contributed by atoms with Crippen LogP contribution in [-0.2, 0) is 11.3 Å². The first-order valence-corrected chi connectivity index (χ1v) is 11.1. The van der Waals surface area contributed by atoms with Gasteiger partial charge in [0, 0.05) is 48.3 Å². The maximum absolute atomic E-state index is 13.1. The van der Waals surface area contributed by atoms with Crippen molar-refractivity contribution in [2.75, 3.05) is 38.2 Å². The Bertz CT molecular complexity index is 1010. The van der Waals surface area contributed by atoms with Crippen molar-refractivity contribution < 1.29 is 9.53 Å². The molecule has 0 spiro atoms. The Hall–Kier alpha value is -2.60. The van der Waals surface area contributed by atoms with Crippen molar-refractivity contribution in [1.82, 2.24) is 9.47 Å². The summed E-state index contributed by atoms with van der Waals surface area (Å²) in [6.45, 7) is 7.52.